The van der Waals surface area contributed by atoms with Gasteiger partial charge in [0.25, 0.3) is 0 Å². The third kappa shape index (κ3) is 7.05. The lowest BCUT2D eigenvalue weighted by Crippen LogP contribution is -2.42. The average molecular weight is 397 g/mol. The summed E-state index contributed by atoms with van der Waals surface area (Å²) in [4.78, 5) is 25.1. The first-order chi connectivity index (χ1) is 12.5. The maximum atomic E-state index is 12.8. The predicted molar refractivity (Wildman–Crippen MR) is 82.0 cm³/mol. The van der Waals surface area contributed by atoms with Crippen LogP contribution in [0.3, 0.4) is 0 Å². The van der Waals surface area contributed by atoms with E-state index in [0.717, 1.165) is 12.1 Å². The van der Waals surface area contributed by atoms with Crippen molar-refractivity contribution in [3.63, 3.8) is 0 Å². The molecule has 2 amide bonds. The van der Waals surface area contributed by atoms with E-state index in [1.165, 1.54) is 12.1 Å². The van der Waals surface area contributed by atoms with Gasteiger partial charge in [-0.2, -0.15) is 26.3 Å². The molecule has 0 bridgehead atoms. The molecule has 7 nitrogen and oxygen atoms in total. The van der Waals surface area contributed by atoms with Gasteiger partial charge >= 0.3 is 24.2 Å². The molecule has 0 aromatic heterocycles. The highest BCUT2D eigenvalue weighted by Gasteiger charge is 2.43. The molecule has 0 aliphatic heterocycles. The second-order valence-corrected chi connectivity index (χ2v) is 5.12. The molecule has 0 atom stereocenters. The minimum absolute atomic E-state index is 0.0831. The first-order valence-electron chi connectivity index (χ1n) is 7.35. The number of amides is 2. The van der Waals surface area contributed by atoms with Crippen LogP contribution in [-0.4, -0.2) is 37.3 Å². The largest absolute Gasteiger partial charge is 0.471 e. The van der Waals surface area contributed by atoms with Crippen LogP contribution in [0.4, 0.5) is 37.7 Å². The van der Waals surface area contributed by atoms with E-state index in [1.54, 1.807) is 5.32 Å². The molecule has 0 radical (unpaired) electrons. The van der Waals surface area contributed by atoms with Crippen molar-refractivity contribution < 1.29 is 35.9 Å². The molecule has 0 aliphatic carbocycles. The van der Waals surface area contributed by atoms with Crippen LogP contribution < -0.4 is 10.2 Å². The molecule has 0 fully saturated rings. The maximum absolute atomic E-state index is 12.8. The van der Waals surface area contributed by atoms with Crippen molar-refractivity contribution >= 4 is 23.2 Å². The van der Waals surface area contributed by atoms with E-state index in [-0.39, 0.29) is 24.2 Å². The Kier molecular flexibility index (Phi) is 7.46. The lowest BCUT2D eigenvalue weighted by Gasteiger charge is -2.24. The van der Waals surface area contributed by atoms with Crippen LogP contribution in [0.15, 0.2) is 29.4 Å². The summed E-state index contributed by atoms with van der Waals surface area (Å²) >= 11 is 0. The Bertz CT molecular complexity index is 710. The van der Waals surface area contributed by atoms with Crippen molar-refractivity contribution in [2.75, 3.05) is 18.0 Å². The minimum atomic E-state index is -5.16. The van der Waals surface area contributed by atoms with Crippen LogP contribution in [0.5, 0.6) is 0 Å². The van der Waals surface area contributed by atoms with E-state index >= 15 is 0 Å². The van der Waals surface area contributed by atoms with E-state index in [1.807, 2.05) is 0 Å². The van der Waals surface area contributed by atoms with Gasteiger partial charge in [-0.15, -0.1) is 0 Å². The van der Waals surface area contributed by atoms with E-state index < -0.39 is 37.3 Å². The SMILES string of the molecule is [N-]=[N+]=Nc1ccc(N(CCCCNC(=O)C(F)(F)F)C(=O)C(F)(F)F)cc1. The number of benzene rings is 1. The number of azide groups is 1. The monoisotopic (exact) mass is 397 g/mol. The molecule has 148 valence electrons. The van der Waals surface area contributed by atoms with Crippen LogP contribution in [0.2, 0.25) is 0 Å². The summed E-state index contributed by atoms with van der Waals surface area (Å²) < 4.78 is 74.3. The van der Waals surface area contributed by atoms with E-state index in [4.69, 9.17) is 5.53 Å². The summed E-state index contributed by atoms with van der Waals surface area (Å²) in [6.07, 6.45) is -10.4. The molecular formula is C14H13F6N5O2. The number of anilines is 1. The Morgan fingerprint density at radius 1 is 1.04 bits per heavy atom. The normalized spacial score (nSPS) is 11.5. The number of alkyl halides is 6. The van der Waals surface area contributed by atoms with Gasteiger partial charge < -0.3 is 10.2 Å². The standard InChI is InChI=1S/C14H13F6N5O2/c15-13(16,17)11(26)22-7-1-2-8-25(12(27)14(18,19)20)10-5-3-9(4-6-10)23-24-21/h3-6H,1-2,7-8H2,(H,22,26). The quantitative estimate of drug-likeness (QED) is 0.248. The average Bonchev–Trinajstić information content (AvgIpc) is 2.57. The van der Waals surface area contributed by atoms with Crippen molar-refractivity contribution in [3.8, 4) is 0 Å². The number of halogens is 6. The Morgan fingerprint density at radius 3 is 2.11 bits per heavy atom. The van der Waals surface area contributed by atoms with Crippen LogP contribution in [0.1, 0.15) is 12.8 Å². The molecule has 0 heterocycles. The molecule has 1 N–H and O–H groups in total. The van der Waals surface area contributed by atoms with Crippen LogP contribution in [0.25, 0.3) is 10.4 Å². The molecule has 1 aromatic carbocycles. The van der Waals surface area contributed by atoms with Gasteiger partial charge in [-0.1, -0.05) is 17.2 Å². The van der Waals surface area contributed by atoms with Gasteiger partial charge in [0.05, 0.1) is 0 Å². The highest BCUT2D eigenvalue weighted by atomic mass is 19.4. The molecule has 13 heteroatoms. The van der Waals surface area contributed by atoms with Gasteiger partial charge in [-0.25, -0.2) is 0 Å². The molecular weight excluding hydrogens is 384 g/mol. The van der Waals surface area contributed by atoms with Gasteiger partial charge in [0, 0.05) is 29.4 Å². The van der Waals surface area contributed by atoms with E-state index in [2.05, 4.69) is 10.0 Å². The minimum Gasteiger partial charge on any atom is -0.348 e. The second-order valence-electron chi connectivity index (χ2n) is 5.12. The summed E-state index contributed by atoms with van der Waals surface area (Å²) in [6, 6.07) is 4.68. The van der Waals surface area contributed by atoms with E-state index in [9.17, 15) is 35.9 Å². The number of rotatable bonds is 7. The number of carbonyl (C=O) groups excluding carboxylic acids is 2. The second kappa shape index (κ2) is 9.12. The topological polar surface area (TPSA) is 98.2 Å². The molecule has 0 saturated heterocycles. The van der Waals surface area contributed by atoms with Gasteiger partial charge in [-0.3, -0.25) is 9.59 Å². The van der Waals surface area contributed by atoms with Gasteiger partial charge in [-0.05, 0) is 30.5 Å². The zero-order chi connectivity index (χ0) is 20.7. The van der Waals surface area contributed by atoms with Crippen molar-refractivity contribution in [2.24, 2.45) is 5.11 Å². The summed E-state index contributed by atoms with van der Waals surface area (Å²) in [5.74, 6) is -4.31. The summed E-state index contributed by atoms with van der Waals surface area (Å²) in [5.41, 5.74) is 8.28. The Hall–Kier alpha value is -2.95. The van der Waals surface area contributed by atoms with Gasteiger partial charge in [0.1, 0.15) is 0 Å². The summed E-state index contributed by atoms with van der Waals surface area (Å²) in [7, 11) is 0. The number of unbranched alkanes of at least 4 members (excludes halogenated alkanes) is 1. The molecule has 1 rings (SSSR count). The molecule has 27 heavy (non-hydrogen) atoms. The van der Waals surface area contributed by atoms with Crippen molar-refractivity contribution in [3.05, 3.63) is 34.7 Å². The zero-order valence-electron chi connectivity index (χ0n) is 13.5. The maximum Gasteiger partial charge on any atom is 0.471 e. The Morgan fingerprint density at radius 2 is 1.63 bits per heavy atom. The van der Waals surface area contributed by atoms with Crippen LogP contribution in [0, 0.1) is 0 Å². The number of hydrogen-bond donors (Lipinski definition) is 1. The molecule has 0 saturated carbocycles. The van der Waals surface area contributed by atoms with Crippen LogP contribution >= 0.6 is 0 Å². The smallest absolute Gasteiger partial charge is 0.348 e. The third-order valence-corrected chi connectivity index (χ3v) is 3.16. The number of nitrogens with one attached hydrogen (secondary N) is 1. The summed E-state index contributed by atoms with van der Waals surface area (Å²) in [5, 5.41) is 4.83. The lowest BCUT2D eigenvalue weighted by molar-refractivity contribution is -0.173. The van der Waals surface area contributed by atoms with Crippen LogP contribution in [-0.2, 0) is 9.59 Å². The molecule has 0 spiro atoms. The molecule has 1 aromatic rings. The van der Waals surface area contributed by atoms with Crippen molar-refractivity contribution in [1.29, 1.82) is 0 Å². The van der Waals surface area contributed by atoms with E-state index in [0.29, 0.717) is 4.90 Å². The highest BCUT2D eigenvalue weighted by molar-refractivity contribution is 5.97. The first-order valence-corrected chi connectivity index (χ1v) is 7.35. The van der Waals surface area contributed by atoms with Crippen molar-refractivity contribution in [1.82, 2.24) is 5.32 Å². The number of hydrogen-bond acceptors (Lipinski definition) is 3. The Balaban J connectivity index is 2.75. The third-order valence-electron chi connectivity index (χ3n) is 3.16. The van der Waals surface area contributed by atoms with Crippen molar-refractivity contribution in [2.45, 2.75) is 25.2 Å². The number of nitrogens with zero attached hydrogens (tertiary/aromatic N) is 4. The summed E-state index contributed by atoms with van der Waals surface area (Å²) in [6.45, 7) is -0.858. The highest BCUT2D eigenvalue weighted by Crippen LogP contribution is 2.26. The fraction of sp³-hybridized carbons (Fsp3) is 0.429. The number of carbonyl (C=O) groups is 2. The molecule has 0 unspecified atom stereocenters. The fourth-order valence-corrected chi connectivity index (χ4v) is 1.95. The fourth-order valence-electron chi connectivity index (χ4n) is 1.95. The predicted octanol–water partition coefficient (Wildman–Crippen LogP) is 3.98. The lowest BCUT2D eigenvalue weighted by atomic mass is 10.2. The Labute approximate surface area is 148 Å². The molecule has 0 aliphatic rings. The van der Waals surface area contributed by atoms with Gasteiger partial charge in [0.2, 0.25) is 0 Å². The zero-order valence-corrected chi connectivity index (χ0v) is 13.5. The van der Waals surface area contributed by atoms with Gasteiger partial charge in [0.15, 0.2) is 0 Å². The first kappa shape index (κ1) is 22.1.